The average molecular weight is 387 g/mol. The van der Waals surface area contributed by atoms with Gasteiger partial charge in [0, 0.05) is 18.7 Å². The normalized spacial score (nSPS) is 16.1. The van der Waals surface area contributed by atoms with Gasteiger partial charge in [0.15, 0.2) is 0 Å². The lowest BCUT2D eigenvalue weighted by molar-refractivity contribution is 0.0912. The number of piperidine rings is 1. The van der Waals surface area contributed by atoms with Gasteiger partial charge in [0.25, 0.3) is 5.91 Å². The van der Waals surface area contributed by atoms with Crippen LogP contribution in [0.1, 0.15) is 49.0 Å². The number of rotatable bonds is 5. The number of hydrogen-bond donors (Lipinski definition) is 1. The second kappa shape index (κ2) is 7.82. The number of nitrogens with zero attached hydrogens (tertiary/aromatic N) is 1. The van der Waals surface area contributed by atoms with E-state index in [4.69, 9.17) is 0 Å². The Labute approximate surface area is 161 Å². The van der Waals surface area contributed by atoms with Crippen molar-refractivity contribution >= 4 is 15.9 Å². The van der Waals surface area contributed by atoms with Gasteiger partial charge in [-0.25, -0.2) is 8.42 Å². The van der Waals surface area contributed by atoms with E-state index >= 15 is 0 Å². The van der Waals surface area contributed by atoms with Gasteiger partial charge in [0.1, 0.15) is 0 Å². The molecule has 0 bridgehead atoms. The molecule has 27 heavy (non-hydrogen) atoms. The minimum atomic E-state index is -3.48. The molecule has 1 aliphatic heterocycles. The average Bonchev–Trinajstić information content (AvgIpc) is 2.69. The maximum atomic E-state index is 12.7. The van der Waals surface area contributed by atoms with Gasteiger partial charge in [0.2, 0.25) is 10.0 Å². The van der Waals surface area contributed by atoms with Crippen molar-refractivity contribution in [3.8, 4) is 0 Å². The maximum absolute atomic E-state index is 12.7. The first kappa shape index (κ1) is 19.6. The molecule has 1 saturated heterocycles. The van der Waals surface area contributed by atoms with Crippen molar-refractivity contribution in [3.63, 3.8) is 0 Å². The highest BCUT2D eigenvalue weighted by molar-refractivity contribution is 7.89. The van der Waals surface area contributed by atoms with E-state index in [0.29, 0.717) is 18.7 Å². The third-order valence-electron chi connectivity index (χ3n) is 4.99. The number of carbonyl (C=O) groups excluding carboxylic acids is 1. The summed E-state index contributed by atoms with van der Waals surface area (Å²) in [5, 5.41) is 3.01. The highest BCUT2D eigenvalue weighted by Crippen LogP contribution is 2.22. The zero-order valence-corrected chi connectivity index (χ0v) is 16.6. The number of sulfonamides is 1. The fourth-order valence-electron chi connectivity index (χ4n) is 3.32. The molecule has 1 N–H and O–H groups in total. The second-order valence-electron chi connectivity index (χ2n) is 7.43. The van der Waals surface area contributed by atoms with E-state index in [1.165, 1.54) is 16.4 Å². The topological polar surface area (TPSA) is 66.5 Å². The SMILES string of the molecule is CC(C)(NC(=O)c1ccc(S(=O)(=O)N2CCCCC2)cc1)c1ccccc1. The molecule has 0 aromatic heterocycles. The van der Waals surface area contributed by atoms with E-state index in [9.17, 15) is 13.2 Å². The third-order valence-corrected chi connectivity index (χ3v) is 6.90. The van der Waals surface area contributed by atoms with Crippen LogP contribution in [0.3, 0.4) is 0 Å². The Morgan fingerprint density at radius 3 is 2.11 bits per heavy atom. The summed E-state index contributed by atoms with van der Waals surface area (Å²) in [7, 11) is -3.48. The monoisotopic (exact) mass is 386 g/mol. The van der Waals surface area contributed by atoms with Crippen molar-refractivity contribution in [2.24, 2.45) is 0 Å². The number of benzene rings is 2. The smallest absolute Gasteiger partial charge is 0.251 e. The molecule has 6 heteroatoms. The Balaban J connectivity index is 1.74. The predicted molar refractivity (Wildman–Crippen MR) is 106 cm³/mol. The van der Waals surface area contributed by atoms with Crippen molar-refractivity contribution in [2.45, 2.75) is 43.5 Å². The van der Waals surface area contributed by atoms with E-state index in [0.717, 1.165) is 24.8 Å². The molecule has 1 amide bonds. The number of nitrogens with one attached hydrogen (secondary N) is 1. The van der Waals surface area contributed by atoms with Crippen molar-refractivity contribution in [1.29, 1.82) is 0 Å². The largest absolute Gasteiger partial charge is 0.343 e. The van der Waals surface area contributed by atoms with Crippen LogP contribution >= 0.6 is 0 Å². The number of amides is 1. The summed E-state index contributed by atoms with van der Waals surface area (Å²) in [6.07, 6.45) is 2.87. The van der Waals surface area contributed by atoms with E-state index < -0.39 is 15.6 Å². The Morgan fingerprint density at radius 1 is 0.926 bits per heavy atom. The zero-order chi connectivity index (χ0) is 19.5. The molecule has 0 aliphatic carbocycles. The van der Waals surface area contributed by atoms with Crippen LogP contribution in [-0.2, 0) is 15.6 Å². The first-order chi connectivity index (χ1) is 12.8. The standard InChI is InChI=1S/C21H26N2O3S/c1-21(2,18-9-5-3-6-10-18)22-20(24)17-11-13-19(14-12-17)27(25,26)23-15-7-4-8-16-23/h3,5-6,9-14H,4,7-8,15-16H2,1-2H3,(H,22,24). The summed E-state index contributed by atoms with van der Waals surface area (Å²) >= 11 is 0. The number of hydrogen-bond acceptors (Lipinski definition) is 3. The van der Waals surface area contributed by atoms with Gasteiger partial charge in [-0.3, -0.25) is 4.79 Å². The lowest BCUT2D eigenvalue weighted by Crippen LogP contribution is -2.41. The third kappa shape index (κ3) is 4.39. The molecule has 0 spiro atoms. The molecule has 2 aromatic rings. The van der Waals surface area contributed by atoms with Gasteiger partial charge in [-0.2, -0.15) is 4.31 Å². The molecule has 1 fully saturated rings. The van der Waals surface area contributed by atoms with E-state index in [1.54, 1.807) is 12.1 Å². The molecule has 0 atom stereocenters. The summed E-state index contributed by atoms with van der Waals surface area (Å²) in [4.78, 5) is 12.9. The molecule has 1 heterocycles. The summed E-state index contributed by atoms with van der Waals surface area (Å²) < 4.78 is 26.9. The van der Waals surface area contributed by atoms with Gasteiger partial charge in [0.05, 0.1) is 10.4 Å². The van der Waals surface area contributed by atoms with Crippen molar-refractivity contribution in [3.05, 3.63) is 65.7 Å². The van der Waals surface area contributed by atoms with Gasteiger partial charge in [-0.15, -0.1) is 0 Å². The van der Waals surface area contributed by atoms with Crippen LogP contribution in [0.4, 0.5) is 0 Å². The molecule has 0 saturated carbocycles. The van der Waals surface area contributed by atoms with Crippen molar-refractivity contribution in [1.82, 2.24) is 9.62 Å². The van der Waals surface area contributed by atoms with Crippen LogP contribution in [-0.4, -0.2) is 31.7 Å². The summed E-state index contributed by atoms with van der Waals surface area (Å²) in [5.41, 5.74) is 0.913. The molecule has 3 rings (SSSR count). The molecular formula is C21H26N2O3S. The van der Waals surface area contributed by atoms with Crippen LogP contribution in [0.2, 0.25) is 0 Å². The second-order valence-corrected chi connectivity index (χ2v) is 9.37. The number of carbonyl (C=O) groups is 1. The van der Waals surface area contributed by atoms with Gasteiger partial charge < -0.3 is 5.32 Å². The fourth-order valence-corrected chi connectivity index (χ4v) is 4.83. The van der Waals surface area contributed by atoms with Gasteiger partial charge >= 0.3 is 0 Å². The van der Waals surface area contributed by atoms with Gasteiger partial charge in [-0.05, 0) is 56.5 Å². The van der Waals surface area contributed by atoms with E-state index in [-0.39, 0.29) is 10.8 Å². The molecule has 0 unspecified atom stereocenters. The highest BCUT2D eigenvalue weighted by atomic mass is 32.2. The first-order valence-corrected chi connectivity index (χ1v) is 10.7. The van der Waals surface area contributed by atoms with Crippen LogP contribution in [0, 0.1) is 0 Å². The van der Waals surface area contributed by atoms with Crippen LogP contribution in [0.25, 0.3) is 0 Å². The molecular weight excluding hydrogens is 360 g/mol. The zero-order valence-electron chi connectivity index (χ0n) is 15.8. The Morgan fingerprint density at radius 2 is 1.52 bits per heavy atom. The molecule has 1 aliphatic rings. The summed E-state index contributed by atoms with van der Waals surface area (Å²) in [5.74, 6) is -0.231. The minimum absolute atomic E-state index is 0.231. The van der Waals surface area contributed by atoms with Crippen LogP contribution < -0.4 is 5.32 Å². The van der Waals surface area contributed by atoms with Crippen LogP contribution in [0.5, 0.6) is 0 Å². The van der Waals surface area contributed by atoms with E-state index in [1.807, 2.05) is 44.2 Å². The van der Waals surface area contributed by atoms with Crippen molar-refractivity contribution < 1.29 is 13.2 Å². The predicted octanol–water partition coefficient (Wildman–Crippen LogP) is 3.53. The Bertz CT molecular complexity index is 885. The lowest BCUT2D eigenvalue weighted by atomic mass is 9.94. The molecule has 2 aromatic carbocycles. The van der Waals surface area contributed by atoms with Crippen LogP contribution in [0.15, 0.2) is 59.5 Å². The van der Waals surface area contributed by atoms with Gasteiger partial charge in [-0.1, -0.05) is 36.8 Å². The quantitative estimate of drug-likeness (QED) is 0.855. The highest BCUT2D eigenvalue weighted by Gasteiger charge is 2.27. The summed E-state index contributed by atoms with van der Waals surface area (Å²) in [6.45, 7) is 5.01. The first-order valence-electron chi connectivity index (χ1n) is 9.29. The molecule has 0 radical (unpaired) electrons. The van der Waals surface area contributed by atoms with E-state index in [2.05, 4.69) is 5.32 Å². The minimum Gasteiger partial charge on any atom is -0.343 e. The fraction of sp³-hybridized carbons (Fsp3) is 0.381. The summed E-state index contributed by atoms with van der Waals surface area (Å²) in [6, 6.07) is 15.9. The Hall–Kier alpha value is -2.18. The lowest BCUT2D eigenvalue weighted by Gasteiger charge is -2.27. The molecule has 144 valence electrons. The van der Waals surface area contributed by atoms with Crippen molar-refractivity contribution in [2.75, 3.05) is 13.1 Å². The Kier molecular flexibility index (Phi) is 5.67. The maximum Gasteiger partial charge on any atom is 0.251 e. The molecule has 5 nitrogen and oxygen atoms in total.